The van der Waals surface area contributed by atoms with Crippen LogP contribution in [0.2, 0.25) is 0 Å². The minimum Gasteiger partial charge on any atom is -0.481 e. The van der Waals surface area contributed by atoms with Crippen LogP contribution in [0.5, 0.6) is 0 Å². The van der Waals surface area contributed by atoms with Gasteiger partial charge in [-0.3, -0.25) is 14.4 Å². The summed E-state index contributed by atoms with van der Waals surface area (Å²) in [7, 11) is 0. The molecule has 1 aromatic rings. The zero-order valence-electron chi connectivity index (χ0n) is 11.4. The van der Waals surface area contributed by atoms with Crippen molar-refractivity contribution in [2.24, 2.45) is 5.92 Å². The summed E-state index contributed by atoms with van der Waals surface area (Å²) in [5.41, 5.74) is 0.465. The molecule has 3 N–H and O–H groups in total. The van der Waals surface area contributed by atoms with Crippen molar-refractivity contribution in [3.8, 4) is 0 Å². The fourth-order valence-corrected chi connectivity index (χ4v) is 1.50. The second-order valence-corrected chi connectivity index (χ2v) is 4.53. The lowest BCUT2D eigenvalue weighted by Crippen LogP contribution is -2.44. The predicted molar refractivity (Wildman–Crippen MR) is 73.2 cm³/mol. The van der Waals surface area contributed by atoms with Gasteiger partial charge in [-0.2, -0.15) is 0 Å². The molecule has 6 heteroatoms. The van der Waals surface area contributed by atoms with Crippen molar-refractivity contribution in [3.05, 3.63) is 35.9 Å². The number of hydrogen-bond acceptors (Lipinski definition) is 3. The molecule has 2 atom stereocenters. The Morgan fingerprint density at radius 1 is 1.15 bits per heavy atom. The number of rotatable bonds is 6. The molecule has 0 aliphatic rings. The molecule has 1 rings (SSSR count). The van der Waals surface area contributed by atoms with Crippen LogP contribution in [0, 0.1) is 5.92 Å². The molecule has 0 spiro atoms. The Morgan fingerprint density at radius 2 is 1.75 bits per heavy atom. The Morgan fingerprint density at radius 3 is 2.30 bits per heavy atom. The topological polar surface area (TPSA) is 95.5 Å². The van der Waals surface area contributed by atoms with Gasteiger partial charge in [0.25, 0.3) is 5.91 Å². The van der Waals surface area contributed by atoms with Crippen LogP contribution in [-0.2, 0) is 9.59 Å². The van der Waals surface area contributed by atoms with Gasteiger partial charge in [-0.1, -0.05) is 18.2 Å². The lowest BCUT2D eigenvalue weighted by atomic mass is 10.0. The number of carbonyl (C=O) groups is 3. The van der Waals surface area contributed by atoms with Gasteiger partial charge in [0.2, 0.25) is 5.91 Å². The average molecular weight is 278 g/mol. The van der Waals surface area contributed by atoms with E-state index in [2.05, 4.69) is 10.6 Å². The molecule has 20 heavy (non-hydrogen) atoms. The van der Waals surface area contributed by atoms with Gasteiger partial charge in [-0.15, -0.1) is 0 Å². The van der Waals surface area contributed by atoms with E-state index in [-0.39, 0.29) is 12.5 Å². The van der Waals surface area contributed by atoms with Crippen LogP contribution in [0.4, 0.5) is 0 Å². The molecule has 0 bridgehead atoms. The molecule has 2 amide bonds. The summed E-state index contributed by atoms with van der Waals surface area (Å²) in [6.45, 7) is 2.93. The number of hydrogen-bond donors (Lipinski definition) is 3. The predicted octanol–water partition coefficient (Wildman–Crippen LogP) is 0.642. The highest BCUT2D eigenvalue weighted by molar-refractivity contribution is 5.96. The van der Waals surface area contributed by atoms with Crippen molar-refractivity contribution in [3.63, 3.8) is 0 Å². The molecule has 0 aliphatic heterocycles. The highest BCUT2D eigenvalue weighted by Gasteiger charge is 2.20. The number of aliphatic carboxylic acids is 1. The van der Waals surface area contributed by atoms with Crippen LogP contribution in [0.3, 0.4) is 0 Å². The number of carboxylic acid groups (broad SMARTS) is 1. The Bertz CT molecular complexity index is 487. The number of carbonyl (C=O) groups excluding carboxylic acids is 2. The Hall–Kier alpha value is -2.37. The van der Waals surface area contributed by atoms with Crippen molar-refractivity contribution in [1.29, 1.82) is 0 Å². The first-order valence-corrected chi connectivity index (χ1v) is 6.27. The zero-order valence-corrected chi connectivity index (χ0v) is 11.4. The minimum absolute atomic E-state index is 0.190. The average Bonchev–Trinajstić information content (AvgIpc) is 2.44. The quantitative estimate of drug-likeness (QED) is 0.711. The second-order valence-electron chi connectivity index (χ2n) is 4.53. The van der Waals surface area contributed by atoms with Gasteiger partial charge >= 0.3 is 5.97 Å². The molecule has 0 heterocycles. The van der Waals surface area contributed by atoms with E-state index in [1.807, 2.05) is 0 Å². The highest BCUT2D eigenvalue weighted by atomic mass is 16.4. The van der Waals surface area contributed by atoms with Crippen LogP contribution in [0.25, 0.3) is 0 Å². The van der Waals surface area contributed by atoms with E-state index in [1.165, 1.54) is 6.92 Å². The van der Waals surface area contributed by atoms with Gasteiger partial charge in [-0.05, 0) is 26.0 Å². The molecule has 0 aromatic heterocycles. The standard InChI is InChI=1S/C14H18N2O4/c1-9(14(19)20)10(2)16-12(17)8-15-13(18)11-6-4-3-5-7-11/h3-7,9-10H,8H2,1-2H3,(H,15,18)(H,16,17)(H,19,20). The number of amides is 2. The molecular weight excluding hydrogens is 260 g/mol. The van der Waals surface area contributed by atoms with Gasteiger partial charge < -0.3 is 15.7 Å². The third-order valence-electron chi connectivity index (χ3n) is 2.97. The van der Waals surface area contributed by atoms with E-state index in [9.17, 15) is 14.4 Å². The van der Waals surface area contributed by atoms with Crippen molar-refractivity contribution >= 4 is 17.8 Å². The first-order chi connectivity index (χ1) is 9.41. The molecule has 0 aliphatic carbocycles. The first kappa shape index (κ1) is 15.7. The molecule has 2 unspecified atom stereocenters. The van der Waals surface area contributed by atoms with E-state index in [0.29, 0.717) is 5.56 Å². The van der Waals surface area contributed by atoms with E-state index in [4.69, 9.17) is 5.11 Å². The highest BCUT2D eigenvalue weighted by Crippen LogP contribution is 2.02. The number of benzene rings is 1. The monoisotopic (exact) mass is 278 g/mol. The van der Waals surface area contributed by atoms with Crippen LogP contribution in [-0.4, -0.2) is 35.5 Å². The van der Waals surface area contributed by atoms with Gasteiger partial charge in [0.05, 0.1) is 12.5 Å². The van der Waals surface area contributed by atoms with Crippen LogP contribution < -0.4 is 10.6 Å². The third kappa shape index (κ3) is 4.72. The third-order valence-corrected chi connectivity index (χ3v) is 2.97. The SMILES string of the molecule is CC(NC(=O)CNC(=O)c1ccccc1)C(C)C(=O)O. The van der Waals surface area contributed by atoms with Crippen molar-refractivity contribution in [2.45, 2.75) is 19.9 Å². The summed E-state index contributed by atoms with van der Waals surface area (Å²) in [5.74, 6) is -2.44. The number of carboxylic acids is 1. The maximum Gasteiger partial charge on any atom is 0.308 e. The lowest BCUT2D eigenvalue weighted by Gasteiger charge is -2.17. The normalized spacial score (nSPS) is 13.1. The largest absolute Gasteiger partial charge is 0.481 e. The summed E-state index contributed by atoms with van der Waals surface area (Å²) < 4.78 is 0. The fourth-order valence-electron chi connectivity index (χ4n) is 1.50. The zero-order chi connectivity index (χ0) is 15.1. The lowest BCUT2D eigenvalue weighted by molar-refractivity contribution is -0.142. The molecular formula is C14H18N2O4. The van der Waals surface area contributed by atoms with E-state index >= 15 is 0 Å². The van der Waals surface area contributed by atoms with Crippen molar-refractivity contribution in [2.75, 3.05) is 6.54 Å². The second kappa shape index (κ2) is 7.28. The van der Waals surface area contributed by atoms with Crippen molar-refractivity contribution < 1.29 is 19.5 Å². The molecule has 6 nitrogen and oxygen atoms in total. The maximum atomic E-state index is 11.7. The van der Waals surface area contributed by atoms with Crippen molar-refractivity contribution in [1.82, 2.24) is 10.6 Å². The molecule has 1 aromatic carbocycles. The van der Waals surface area contributed by atoms with E-state index < -0.39 is 23.8 Å². The molecule has 0 fully saturated rings. The summed E-state index contributed by atoms with van der Waals surface area (Å²) >= 11 is 0. The first-order valence-electron chi connectivity index (χ1n) is 6.27. The maximum absolute atomic E-state index is 11.7. The van der Waals surface area contributed by atoms with Gasteiger partial charge in [-0.25, -0.2) is 0 Å². The summed E-state index contributed by atoms with van der Waals surface area (Å²) in [6.07, 6.45) is 0. The smallest absolute Gasteiger partial charge is 0.308 e. The van der Waals surface area contributed by atoms with E-state index in [0.717, 1.165) is 0 Å². The molecule has 0 saturated heterocycles. The van der Waals surface area contributed by atoms with Gasteiger partial charge in [0.15, 0.2) is 0 Å². The summed E-state index contributed by atoms with van der Waals surface area (Å²) in [6, 6.07) is 8.02. The fraction of sp³-hybridized carbons (Fsp3) is 0.357. The Kier molecular flexibility index (Phi) is 5.71. The summed E-state index contributed by atoms with van der Waals surface area (Å²) in [5, 5.41) is 13.8. The number of nitrogens with one attached hydrogen (secondary N) is 2. The van der Waals surface area contributed by atoms with Crippen LogP contribution in [0.1, 0.15) is 24.2 Å². The van der Waals surface area contributed by atoms with Gasteiger partial charge in [0, 0.05) is 11.6 Å². The van der Waals surface area contributed by atoms with Crippen LogP contribution >= 0.6 is 0 Å². The van der Waals surface area contributed by atoms with Crippen LogP contribution in [0.15, 0.2) is 30.3 Å². The molecule has 0 saturated carbocycles. The molecule has 108 valence electrons. The minimum atomic E-state index is -0.980. The Labute approximate surface area is 117 Å². The molecule has 0 radical (unpaired) electrons. The Balaban J connectivity index is 2.40. The van der Waals surface area contributed by atoms with Gasteiger partial charge in [0.1, 0.15) is 0 Å². The summed E-state index contributed by atoms with van der Waals surface area (Å²) in [4.78, 5) is 34.0. The van der Waals surface area contributed by atoms with E-state index in [1.54, 1.807) is 37.3 Å².